The van der Waals surface area contributed by atoms with Crippen molar-refractivity contribution in [2.45, 2.75) is 6.92 Å². The Labute approximate surface area is 98.8 Å². The molecule has 0 spiro atoms. The van der Waals surface area contributed by atoms with Gasteiger partial charge in [-0.05, 0) is 19.1 Å². The molecule has 0 fully saturated rings. The van der Waals surface area contributed by atoms with Crippen molar-refractivity contribution < 1.29 is 9.90 Å². The van der Waals surface area contributed by atoms with Crippen LogP contribution in [0.1, 0.15) is 12.5 Å². The highest BCUT2D eigenvalue weighted by atomic mass is 16.4. The van der Waals surface area contributed by atoms with Gasteiger partial charge in [0.15, 0.2) is 0 Å². The van der Waals surface area contributed by atoms with E-state index in [-0.39, 0.29) is 5.57 Å². The molecule has 0 radical (unpaired) electrons. The van der Waals surface area contributed by atoms with E-state index in [0.29, 0.717) is 5.56 Å². The van der Waals surface area contributed by atoms with Crippen molar-refractivity contribution in [1.82, 2.24) is 9.78 Å². The molecule has 1 heterocycles. The molecule has 0 aliphatic carbocycles. The maximum atomic E-state index is 11.0. The average molecular weight is 228 g/mol. The molecule has 1 aromatic heterocycles. The van der Waals surface area contributed by atoms with Gasteiger partial charge in [0.1, 0.15) is 0 Å². The maximum Gasteiger partial charge on any atom is 0.336 e. The Kier molecular flexibility index (Phi) is 3.05. The van der Waals surface area contributed by atoms with Crippen LogP contribution < -0.4 is 0 Å². The monoisotopic (exact) mass is 228 g/mol. The average Bonchev–Trinajstić information content (AvgIpc) is 2.80. The van der Waals surface area contributed by atoms with Crippen molar-refractivity contribution in [3.05, 3.63) is 54.4 Å². The van der Waals surface area contributed by atoms with Crippen LogP contribution in [0.15, 0.2) is 48.8 Å². The number of carbonyl (C=O) groups is 1. The van der Waals surface area contributed by atoms with E-state index in [9.17, 15) is 4.79 Å². The summed E-state index contributed by atoms with van der Waals surface area (Å²) < 4.78 is 1.65. The number of allylic oxidation sites excluding steroid dienone is 1. The summed E-state index contributed by atoms with van der Waals surface area (Å²) in [7, 11) is 0. The van der Waals surface area contributed by atoms with Gasteiger partial charge in [-0.1, -0.05) is 24.3 Å². The number of hydrogen-bond acceptors (Lipinski definition) is 2. The van der Waals surface area contributed by atoms with Crippen molar-refractivity contribution in [3.8, 4) is 5.69 Å². The molecule has 0 unspecified atom stereocenters. The molecule has 1 aromatic carbocycles. The summed E-state index contributed by atoms with van der Waals surface area (Å²) in [6, 6.07) is 9.55. The van der Waals surface area contributed by atoms with Crippen LogP contribution in [0.25, 0.3) is 11.3 Å². The van der Waals surface area contributed by atoms with Crippen LogP contribution in [-0.2, 0) is 4.79 Å². The van der Waals surface area contributed by atoms with Gasteiger partial charge >= 0.3 is 5.97 Å². The Morgan fingerprint density at radius 3 is 2.65 bits per heavy atom. The van der Waals surface area contributed by atoms with E-state index in [1.165, 1.54) is 0 Å². The van der Waals surface area contributed by atoms with Gasteiger partial charge in [0, 0.05) is 11.8 Å². The van der Waals surface area contributed by atoms with E-state index in [1.807, 2.05) is 30.3 Å². The smallest absolute Gasteiger partial charge is 0.336 e. The van der Waals surface area contributed by atoms with Crippen molar-refractivity contribution in [3.63, 3.8) is 0 Å². The van der Waals surface area contributed by atoms with Crippen LogP contribution in [0, 0.1) is 0 Å². The summed E-state index contributed by atoms with van der Waals surface area (Å²) in [6.45, 7) is 1.70. The molecule has 4 heteroatoms. The molecule has 0 atom stereocenters. The largest absolute Gasteiger partial charge is 0.478 e. The van der Waals surface area contributed by atoms with E-state index in [1.54, 1.807) is 30.1 Å². The molecule has 2 aromatic rings. The van der Waals surface area contributed by atoms with Gasteiger partial charge in [-0.25, -0.2) is 9.48 Å². The normalized spacial score (nSPS) is 11.5. The summed E-state index contributed by atoms with van der Waals surface area (Å²) in [4.78, 5) is 11.0. The first-order valence-electron chi connectivity index (χ1n) is 5.22. The Morgan fingerprint density at radius 2 is 2.06 bits per heavy atom. The zero-order valence-electron chi connectivity index (χ0n) is 9.37. The topological polar surface area (TPSA) is 55.1 Å². The predicted octanol–water partition coefficient (Wildman–Crippen LogP) is 2.36. The van der Waals surface area contributed by atoms with Gasteiger partial charge in [-0.15, -0.1) is 0 Å². The van der Waals surface area contributed by atoms with Gasteiger partial charge in [-0.2, -0.15) is 5.10 Å². The van der Waals surface area contributed by atoms with E-state index in [2.05, 4.69) is 5.10 Å². The molecular formula is C13H12N2O2. The first kappa shape index (κ1) is 11.1. The van der Waals surface area contributed by atoms with Gasteiger partial charge in [0.2, 0.25) is 0 Å². The number of rotatable bonds is 3. The molecule has 0 bridgehead atoms. The molecule has 0 saturated carbocycles. The second-order valence-electron chi connectivity index (χ2n) is 3.52. The first-order valence-corrected chi connectivity index (χ1v) is 5.22. The summed E-state index contributed by atoms with van der Waals surface area (Å²) >= 11 is 0. The van der Waals surface area contributed by atoms with E-state index in [0.717, 1.165) is 5.69 Å². The lowest BCUT2D eigenvalue weighted by Crippen LogP contribution is -1.98. The van der Waals surface area contributed by atoms with Gasteiger partial charge in [0.05, 0.1) is 17.5 Å². The van der Waals surface area contributed by atoms with Crippen LogP contribution in [-0.4, -0.2) is 20.9 Å². The van der Waals surface area contributed by atoms with E-state index in [4.69, 9.17) is 5.11 Å². The number of nitrogens with zero attached hydrogens (tertiary/aromatic N) is 2. The predicted molar refractivity (Wildman–Crippen MR) is 64.9 cm³/mol. The third-order valence-corrected chi connectivity index (χ3v) is 2.43. The minimum atomic E-state index is -0.944. The zero-order valence-corrected chi connectivity index (χ0v) is 9.37. The van der Waals surface area contributed by atoms with Gasteiger partial charge in [-0.3, -0.25) is 0 Å². The molecule has 4 nitrogen and oxygen atoms in total. The zero-order chi connectivity index (χ0) is 12.3. The fourth-order valence-electron chi connectivity index (χ4n) is 1.60. The third-order valence-electron chi connectivity index (χ3n) is 2.43. The fraction of sp³-hybridized carbons (Fsp3) is 0.0769. The van der Waals surface area contributed by atoms with Crippen LogP contribution in [0.2, 0.25) is 0 Å². The van der Waals surface area contributed by atoms with Crippen LogP contribution in [0.3, 0.4) is 0 Å². The quantitative estimate of drug-likeness (QED) is 0.820. The SMILES string of the molecule is CC=C(C(=O)O)c1cnn(-c2ccccc2)c1. The number of aromatic nitrogens is 2. The lowest BCUT2D eigenvalue weighted by Gasteiger charge is -1.99. The van der Waals surface area contributed by atoms with Crippen molar-refractivity contribution in [2.75, 3.05) is 0 Å². The Balaban J connectivity index is 2.37. The maximum absolute atomic E-state index is 11.0. The number of carboxylic acids is 1. The highest BCUT2D eigenvalue weighted by molar-refractivity contribution is 6.15. The highest BCUT2D eigenvalue weighted by Gasteiger charge is 2.11. The Hall–Kier alpha value is -2.36. The second-order valence-corrected chi connectivity index (χ2v) is 3.52. The minimum absolute atomic E-state index is 0.257. The molecule has 0 amide bonds. The standard InChI is InChI=1S/C13H12N2O2/c1-2-12(13(16)17)10-8-14-15(9-10)11-6-4-3-5-7-11/h2-9H,1H3,(H,16,17). The van der Waals surface area contributed by atoms with E-state index >= 15 is 0 Å². The first-order chi connectivity index (χ1) is 8.22. The lowest BCUT2D eigenvalue weighted by atomic mass is 10.1. The number of benzene rings is 1. The Bertz CT molecular complexity index is 556. The third kappa shape index (κ3) is 2.25. The molecule has 0 saturated heterocycles. The number of aliphatic carboxylic acids is 1. The number of hydrogen-bond donors (Lipinski definition) is 1. The van der Waals surface area contributed by atoms with E-state index < -0.39 is 5.97 Å². The van der Waals surface area contributed by atoms with Crippen molar-refractivity contribution in [2.24, 2.45) is 0 Å². The molecule has 0 aliphatic heterocycles. The van der Waals surface area contributed by atoms with Gasteiger partial charge in [0.25, 0.3) is 0 Å². The lowest BCUT2D eigenvalue weighted by molar-refractivity contribution is -0.130. The molecule has 1 N–H and O–H groups in total. The summed E-state index contributed by atoms with van der Waals surface area (Å²) in [6.07, 6.45) is 4.82. The number of carboxylic acid groups (broad SMARTS) is 1. The van der Waals surface area contributed by atoms with Crippen molar-refractivity contribution in [1.29, 1.82) is 0 Å². The van der Waals surface area contributed by atoms with Crippen molar-refractivity contribution >= 4 is 11.5 Å². The molecule has 17 heavy (non-hydrogen) atoms. The summed E-state index contributed by atoms with van der Waals surface area (Å²) in [5.41, 5.74) is 1.76. The molecule has 0 aliphatic rings. The fourth-order valence-corrected chi connectivity index (χ4v) is 1.60. The Morgan fingerprint density at radius 1 is 1.35 bits per heavy atom. The summed E-state index contributed by atoms with van der Waals surface area (Å²) in [5, 5.41) is 13.2. The molecule has 2 rings (SSSR count). The van der Waals surface area contributed by atoms with Crippen LogP contribution in [0.5, 0.6) is 0 Å². The van der Waals surface area contributed by atoms with Gasteiger partial charge < -0.3 is 5.11 Å². The highest BCUT2D eigenvalue weighted by Crippen LogP contribution is 2.15. The summed E-state index contributed by atoms with van der Waals surface area (Å²) in [5.74, 6) is -0.944. The van der Waals surface area contributed by atoms with Crippen LogP contribution >= 0.6 is 0 Å². The second kappa shape index (κ2) is 4.65. The molecule has 86 valence electrons. The van der Waals surface area contributed by atoms with Crippen LogP contribution in [0.4, 0.5) is 0 Å². The molecular weight excluding hydrogens is 216 g/mol. The minimum Gasteiger partial charge on any atom is -0.478 e. The number of para-hydroxylation sites is 1.